The molecular formula is C17H16BrN3O2S. The first-order chi connectivity index (χ1) is 11.5. The lowest BCUT2D eigenvalue weighted by molar-refractivity contribution is -0.117. The van der Waals surface area contributed by atoms with Crippen LogP contribution in [0.4, 0.5) is 5.69 Å². The quantitative estimate of drug-likeness (QED) is 0.693. The monoisotopic (exact) mass is 405 g/mol. The number of hydrogen-bond donors (Lipinski definition) is 2. The summed E-state index contributed by atoms with van der Waals surface area (Å²) >= 11 is 4.65. The van der Waals surface area contributed by atoms with Crippen LogP contribution in [0.5, 0.6) is 0 Å². The molecule has 0 bridgehead atoms. The number of rotatable bonds is 4. The van der Waals surface area contributed by atoms with E-state index in [1.165, 1.54) is 11.3 Å². The van der Waals surface area contributed by atoms with Gasteiger partial charge in [-0.2, -0.15) is 0 Å². The second kappa shape index (κ2) is 6.78. The molecule has 2 heterocycles. The van der Waals surface area contributed by atoms with Crippen molar-refractivity contribution in [2.75, 3.05) is 5.32 Å². The summed E-state index contributed by atoms with van der Waals surface area (Å²) in [7, 11) is 1.95. The number of amides is 2. The van der Waals surface area contributed by atoms with Crippen molar-refractivity contribution >= 4 is 55.7 Å². The highest BCUT2D eigenvalue weighted by molar-refractivity contribution is 9.11. The maximum atomic E-state index is 12.4. The van der Waals surface area contributed by atoms with Gasteiger partial charge in [0.2, 0.25) is 5.91 Å². The molecule has 0 aliphatic heterocycles. The minimum Gasteiger partial charge on any atom is -0.350 e. The van der Waals surface area contributed by atoms with E-state index in [1.807, 2.05) is 42.1 Å². The molecule has 0 radical (unpaired) electrons. The van der Waals surface area contributed by atoms with E-state index in [-0.39, 0.29) is 11.8 Å². The highest BCUT2D eigenvalue weighted by Gasteiger charge is 2.18. The Hall–Kier alpha value is -2.12. The number of nitrogens with zero attached hydrogens (tertiary/aromatic N) is 1. The summed E-state index contributed by atoms with van der Waals surface area (Å²) in [6, 6.07) is 10.6. The first-order valence-corrected chi connectivity index (χ1v) is 8.98. The number of halogens is 1. The fraction of sp³-hybridized carbons (Fsp3) is 0.176. The van der Waals surface area contributed by atoms with Gasteiger partial charge in [-0.15, -0.1) is 11.3 Å². The lowest BCUT2D eigenvalue weighted by Crippen LogP contribution is -2.41. The fourth-order valence-corrected chi connectivity index (χ4v) is 3.71. The van der Waals surface area contributed by atoms with Gasteiger partial charge in [0.05, 0.1) is 14.4 Å². The molecular weight excluding hydrogens is 390 g/mol. The standard InChI is InChI=1S/C17H16BrN3O2S/c1-10(19-17(23)14-6-7-15(18)24-14)16(22)20-12-4-3-5-13-11(12)8-9-21(13)2/h3-10H,1-2H3,(H,19,23)(H,20,22). The van der Waals surface area contributed by atoms with Crippen molar-refractivity contribution in [2.24, 2.45) is 7.05 Å². The molecule has 0 fully saturated rings. The third-order valence-corrected chi connectivity index (χ3v) is 5.35. The molecule has 0 saturated carbocycles. The van der Waals surface area contributed by atoms with Crippen molar-refractivity contribution in [3.8, 4) is 0 Å². The van der Waals surface area contributed by atoms with E-state index in [0.717, 1.165) is 20.4 Å². The zero-order valence-corrected chi connectivity index (χ0v) is 15.6. The van der Waals surface area contributed by atoms with Gasteiger partial charge in [0.15, 0.2) is 0 Å². The molecule has 1 atom stereocenters. The number of benzene rings is 1. The number of carbonyl (C=O) groups is 2. The number of carbonyl (C=O) groups excluding carboxylic acids is 2. The smallest absolute Gasteiger partial charge is 0.262 e. The minimum atomic E-state index is -0.641. The molecule has 1 aromatic carbocycles. The maximum Gasteiger partial charge on any atom is 0.262 e. The van der Waals surface area contributed by atoms with Crippen molar-refractivity contribution in [2.45, 2.75) is 13.0 Å². The van der Waals surface area contributed by atoms with E-state index >= 15 is 0 Å². The Morgan fingerprint density at radius 1 is 1.21 bits per heavy atom. The van der Waals surface area contributed by atoms with Gasteiger partial charge < -0.3 is 15.2 Å². The fourth-order valence-electron chi connectivity index (χ4n) is 2.42. The number of aromatic nitrogens is 1. The summed E-state index contributed by atoms with van der Waals surface area (Å²) in [6.45, 7) is 1.67. The average Bonchev–Trinajstić information content (AvgIpc) is 3.14. The van der Waals surface area contributed by atoms with Crippen LogP contribution in [0.1, 0.15) is 16.6 Å². The molecule has 24 heavy (non-hydrogen) atoms. The summed E-state index contributed by atoms with van der Waals surface area (Å²) in [4.78, 5) is 25.1. The second-order valence-corrected chi connectivity index (χ2v) is 7.92. The lowest BCUT2D eigenvalue weighted by atomic mass is 10.2. The van der Waals surface area contributed by atoms with Crippen LogP contribution < -0.4 is 10.6 Å². The van der Waals surface area contributed by atoms with Crippen molar-refractivity contribution < 1.29 is 9.59 Å². The molecule has 5 nitrogen and oxygen atoms in total. The summed E-state index contributed by atoms with van der Waals surface area (Å²) in [5, 5.41) is 6.57. The summed E-state index contributed by atoms with van der Waals surface area (Å²) < 4.78 is 2.87. The topological polar surface area (TPSA) is 63.1 Å². The SMILES string of the molecule is CC(NC(=O)c1ccc(Br)s1)C(=O)Nc1cccc2c1ccn2C. The molecule has 3 rings (SSSR count). The predicted molar refractivity (Wildman–Crippen MR) is 100 cm³/mol. The van der Waals surface area contributed by atoms with E-state index in [1.54, 1.807) is 19.1 Å². The second-order valence-electron chi connectivity index (χ2n) is 5.45. The lowest BCUT2D eigenvalue weighted by Gasteiger charge is -2.14. The molecule has 0 spiro atoms. The number of thiophene rings is 1. The van der Waals surface area contributed by atoms with Gasteiger partial charge in [0.25, 0.3) is 5.91 Å². The van der Waals surface area contributed by atoms with Crippen LogP contribution in [0.15, 0.2) is 46.4 Å². The third kappa shape index (κ3) is 3.37. The molecule has 2 amide bonds. The molecule has 1 unspecified atom stereocenters. The van der Waals surface area contributed by atoms with Gasteiger partial charge in [-0.1, -0.05) is 6.07 Å². The van der Waals surface area contributed by atoms with Crippen LogP contribution in [-0.4, -0.2) is 22.4 Å². The van der Waals surface area contributed by atoms with E-state index in [9.17, 15) is 9.59 Å². The van der Waals surface area contributed by atoms with E-state index in [0.29, 0.717) is 4.88 Å². The largest absolute Gasteiger partial charge is 0.350 e. The number of anilines is 1. The normalized spacial score (nSPS) is 12.1. The van der Waals surface area contributed by atoms with Gasteiger partial charge in [0.1, 0.15) is 6.04 Å². The van der Waals surface area contributed by atoms with Gasteiger partial charge in [-0.3, -0.25) is 9.59 Å². The van der Waals surface area contributed by atoms with Crippen LogP contribution in [-0.2, 0) is 11.8 Å². The Labute approximate surface area is 151 Å². The van der Waals surface area contributed by atoms with Crippen molar-refractivity contribution in [1.82, 2.24) is 9.88 Å². The van der Waals surface area contributed by atoms with Gasteiger partial charge in [-0.25, -0.2) is 0 Å². The molecule has 7 heteroatoms. The van der Waals surface area contributed by atoms with Crippen LogP contribution >= 0.6 is 27.3 Å². The Morgan fingerprint density at radius 3 is 2.71 bits per heavy atom. The minimum absolute atomic E-state index is 0.254. The van der Waals surface area contributed by atoms with Crippen molar-refractivity contribution in [3.05, 3.63) is 51.3 Å². The Kier molecular flexibility index (Phi) is 4.73. The van der Waals surface area contributed by atoms with E-state index in [2.05, 4.69) is 26.6 Å². The predicted octanol–water partition coefficient (Wildman–Crippen LogP) is 3.76. The van der Waals surface area contributed by atoms with Crippen molar-refractivity contribution in [1.29, 1.82) is 0 Å². The number of nitrogens with one attached hydrogen (secondary N) is 2. The highest BCUT2D eigenvalue weighted by atomic mass is 79.9. The molecule has 124 valence electrons. The molecule has 0 saturated heterocycles. The third-order valence-electron chi connectivity index (χ3n) is 3.72. The van der Waals surface area contributed by atoms with Gasteiger partial charge in [-0.05, 0) is 53.2 Å². The summed E-state index contributed by atoms with van der Waals surface area (Å²) in [6.07, 6.45) is 1.94. The molecule has 2 aromatic heterocycles. The van der Waals surface area contributed by atoms with E-state index < -0.39 is 6.04 Å². The molecule has 0 aliphatic carbocycles. The first kappa shape index (κ1) is 16.7. The summed E-state index contributed by atoms with van der Waals surface area (Å²) in [5.74, 6) is -0.512. The van der Waals surface area contributed by atoms with Crippen LogP contribution in [0.25, 0.3) is 10.9 Å². The first-order valence-electron chi connectivity index (χ1n) is 7.37. The van der Waals surface area contributed by atoms with Gasteiger partial charge in [0, 0.05) is 24.1 Å². The molecule has 3 aromatic rings. The van der Waals surface area contributed by atoms with Gasteiger partial charge >= 0.3 is 0 Å². The Morgan fingerprint density at radius 2 is 2.00 bits per heavy atom. The van der Waals surface area contributed by atoms with E-state index in [4.69, 9.17) is 0 Å². The van der Waals surface area contributed by atoms with Crippen molar-refractivity contribution in [3.63, 3.8) is 0 Å². The zero-order valence-electron chi connectivity index (χ0n) is 13.2. The Bertz CT molecular complexity index is 916. The van der Waals surface area contributed by atoms with Crippen LogP contribution in [0.3, 0.4) is 0 Å². The van der Waals surface area contributed by atoms with Crippen LogP contribution in [0, 0.1) is 0 Å². The highest BCUT2D eigenvalue weighted by Crippen LogP contribution is 2.24. The summed E-state index contributed by atoms with van der Waals surface area (Å²) in [5.41, 5.74) is 1.77. The number of fused-ring (bicyclic) bond motifs is 1. The Balaban J connectivity index is 1.70. The maximum absolute atomic E-state index is 12.4. The zero-order chi connectivity index (χ0) is 17.3. The molecule has 2 N–H and O–H groups in total. The average molecular weight is 406 g/mol. The molecule has 0 aliphatic rings. The number of aryl methyl sites for hydroxylation is 1. The number of hydrogen-bond acceptors (Lipinski definition) is 3. The van der Waals surface area contributed by atoms with Crippen LogP contribution in [0.2, 0.25) is 0 Å².